The van der Waals surface area contributed by atoms with Crippen molar-refractivity contribution in [1.29, 1.82) is 0 Å². The van der Waals surface area contributed by atoms with Gasteiger partial charge in [0.05, 0.1) is 0 Å². The summed E-state index contributed by atoms with van der Waals surface area (Å²) >= 11 is 0. The van der Waals surface area contributed by atoms with E-state index in [9.17, 15) is 43.0 Å². The van der Waals surface area contributed by atoms with Crippen molar-refractivity contribution in [2.75, 3.05) is 0 Å². The molecule has 14 heteroatoms. The van der Waals surface area contributed by atoms with Crippen LogP contribution >= 0.6 is 0 Å². The van der Waals surface area contributed by atoms with Crippen LogP contribution in [0.3, 0.4) is 0 Å². The molecule has 2 rings (SSSR count). The number of hydrogen-bond donors (Lipinski definition) is 5. The molecule has 0 aliphatic heterocycles. The molecule has 0 saturated heterocycles. The van der Waals surface area contributed by atoms with Gasteiger partial charge < -0.3 is 30.1 Å². The van der Waals surface area contributed by atoms with E-state index in [4.69, 9.17) is 4.84 Å². The molecule has 2 aromatic heterocycles. The van der Waals surface area contributed by atoms with Gasteiger partial charge in [-0.15, -0.1) is 9.46 Å². The SMILES string of the molecule is O=C(CCCCCC(C(=O)On1c(O)ccc1O)S(=O)(=O)O)On1c(O)ccc1O. The highest BCUT2D eigenvalue weighted by Crippen LogP contribution is 2.21. The number of nitrogens with zero attached hydrogens (tertiary/aromatic N) is 2. The number of aromatic nitrogens is 2. The summed E-state index contributed by atoms with van der Waals surface area (Å²) in [5.74, 6) is -4.47. The number of unbranched alkanes of at least 4 members (excludes halogenated alkanes) is 2. The summed E-state index contributed by atoms with van der Waals surface area (Å²) in [6.07, 6.45) is 0.0838. The monoisotopic (exact) mass is 448 g/mol. The van der Waals surface area contributed by atoms with Crippen LogP contribution in [0.25, 0.3) is 0 Å². The normalized spacial score (nSPS) is 12.4. The molecular formula is C16H20N2O11S. The Balaban J connectivity index is 1.82. The third-order valence-corrected chi connectivity index (χ3v) is 5.09. The zero-order valence-electron chi connectivity index (χ0n) is 15.4. The van der Waals surface area contributed by atoms with Gasteiger partial charge in [-0.1, -0.05) is 12.8 Å². The maximum atomic E-state index is 12.0. The molecule has 0 aromatic carbocycles. The average Bonchev–Trinajstić information content (AvgIpc) is 3.13. The van der Waals surface area contributed by atoms with E-state index >= 15 is 0 Å². The minimum absolute atomic E-state index is 0.0937. The molecule has 1 unspecified atom stereocenters. The van der Waals surface area contributed by atoms with Crippen LogP contribution in [0.1, 0.15) is 32.1 Å². The Bertz CT molecular complexity index is 970. The lowest BCUT2D eigenvalue weighted by atomic mass is 10.1. The van der Waals surface area contributed by atoms with Gasteiger partial charge >= 0.3 is 11.9 Å². The first kappa shape index (κ1) is 22.9. The second-order valence-corrected chi connectivity index (χ2v) is 7.76. The molecule has 0 aliphatic carbocycles. The molecule has 2 heterocycles. The van der Waals surface area contributed by atoms with E-state index in [-0.39, 0.29) is 32.1 Å². The number of carbonyl (C=O) groups is 2. The smallest absolute Gasteiger partial charge is 0.353 e. The highest BCUT2D eigenvalue weighted by molar-refractivity contribution is 7.87. The fourth-order valence-corrected chi connectivity index (χ4v) is 3.20. The molecule has 0 fully saturated rings. The third kappa shape index (κ3) is 5.81. The Labute approximate surface area is 170 Å². The van der Waals surface area contributed by atoms with Gasteiger partial charge in [-0.05, 0) is 12.8 Å². The zero-order chi connectivity index (χ0) is 22.5. The lowest BCUT2D eigenvalue weighted by Crippen LogP contribution is -2.36. The van der Waals surface area contributed by atoms with Gasteiger partial charge in [0.25, 0.3) is 10.1 Å². The van der Waals surface area contributed by atoms with Crippen LogP contribution in [0.15, 0.2) is 24.3 Å². The van der Waals surface area contributed by atoms with E-state index in [0.29, 0.717) is 9.46 Å². The Morgan fingerprint density at radius 1 is 0.833 bits per heavy atom. The van der Waals surface area contributed by atoms with Crippen molar-refractivity contribution in [3.05, 3.63) is 24.3 Å². The first-order valence-corrected chi connectivity index (χ1v) is 10.1. The molecule has 30 heavy (non-hydrogen) atoms. The largest absolute Gasteiger partial charge is 0.492 e. The second-order valence-electron chi connectivity index (χ2n) is 6.16. The molecule has 2 aromatic rings. The fourth-order valence-electron chi connectivity index (χ4n) is 2.45. The van der Waals surface area contributed by atoms with Gasteiger partial charge in [0.2, 0.25) is 23.5 Å². The molecule has 0 bridgehead atoms. The molecule has 5 N–H and O–H groups in total. The number of carbonyl (C=O) groups excluding carboxylic acids is 2. The van der Waals surface area contributed by atoms with Gasteiger partial charge in [0.15, 0.2) is 5.25 Å². The van der Waals surface area contributed by atoms with Crippen molar-refractivity contribution in [1.82, 2.24) is 9.46 Å². The summed E-state index contributed by atoms with van der Waals surface area (Å²) in [5.41, 5.74) is 0. The second kappa shape index (κ2) is 9.41. The van der Waals surface area contributed by atoms with Crippen molar-refractivity contribution < 1.29 is 52.7 Å². The van der Waals surface area contributed by atoms with Crippen molar-refractivity contribution >= 4 is 22.1 Å². The summed E-state index contributed by atoms with van der Waals surface area (Å²) in [7, 11) is -4.84. The summed E-state index contributed by atoms with van der Waals surface area (Å²) in [5, 5.41) is 35.6. The van der Waals surface area contributed by atoms with E-state index in [0.717, 1.165) is 24.3 Å². The first-order valence-electron chi connectivity index (χ1n) is 8.59. The summed E-state index contributed by atoms with van der Waals surface area (Å²) < 4.78 is 33.1. The van der Waals surface area contributed by atoms with E-state index in [1.807, 2.05) is 0 Å². The van der Waals surface area contributed by atoms with Crippen LogP contribution in [0, 0.1) is 0 Å². The quantitative estimate of drug-likeness (QED) is 0.241. The molecule has 0 aliphatic rings. The van der Waals surface area contributed by atoms with E-state index < -0.39 is 50.8 Å². The predicted octanol–water partition coefficient (Wildman–Crippen LogP) is -0.0705. The molecular weight excluding hydrogens is 428 g/mol. The first-order chi connectivity index (χ1) is 14.0. The maximum absolute atomic E-state index is 12.0. The zero-order valence-corrected chi connectivity index (χ0v) is 16.2. The van der Waals surface area contributed by atoms with Crippen LogP contribution in [0.4, 0.5) is 0 Å². The van der Waals surface area contributed by atoms with E-state index in [1.54, 1.807) is 0 Å². The highest BCUT2D eigenvalue weighted by Gasteiger charge is 2.33. The molecule has 0 radical (unpaired) electrons. The molecule has 0 spiro atoms. The van der Waals surface area contributed by atoms with Gasteiger partial charge in [0.1, 0.15) is 0 Å². The lowest BCUT2D eigenvalue weighted by Gasteiger charge is -2.14. The summed E-state index contributed by atoms with van der Waals surface area (Å²) in [4.78, 5) is 33.1. The van der Waals surface area contributed by atoms with Crippen LogP contribution in [-0.2, 0) is 19.7 Å². The topological polar surface area (TPSA) is 198 Å². The molecule has 1 atom stereocenters. The molecule has 0 saturated carbocycles. The van der Waals surface area contributed by atoms with Crippen molar-refractivity contribution in [3.8, 4) is 23.5 Å². The van der Waals surface area contributed by atoms with Crippen LogP contribution < -0.4 is 9.68 Å². The van der Waals surface area contributed by atoms with Gasteiger partial charge in [-0.2, -0.15) is 8.42 Å². The number of hydrogen-bond acceptors (Lipinski definition) is 10. The van der Waals surface area contributed by atoms with Crippen LogP contribution in [0.5, 0.6) is 23.5 Å². The Kier molecular flexibility index (Phi) is 7.18. The summed E-state index contributed by atoms with van der Waals surface area (Å²) in [6.45, 7) is 0. The van der Waals surface area contributed by atoms with Crippen molar-refractivity contribution in [2.24, 2.45) is 0 Å². The Morgan fingerprint density at radius 2 is 1.30 bits per heavy atom. The molecule has 0 amide bonds. The van der Waals surface area contributed by atoms with E-state index in [1.165, 1.54) is 0 Å². The minimum atomic E-state index is -4.84. The average molecular weight is 448 g/mol. The maximum Gasteiger partial charge on any atom is 0.353 e. The van der Waals surface area contributed by atoms with Gasteiger partial charge in [-0.25, -0.2) is 9.59 Å². The van der Waals surface area contributed by atoms with Crippen molar-refractivity contribution in [3.63, 3.8) is 0 Å². The predicted molar refractivity (Wildman–Crippen MR) is 97.1 cm³/mol. The standard InChI is InChI=1S/C16H20N2O11S/c19-11-6-7-12(20)17(11)28-15(23)5-3-1-2-4-10(30(25,26)27)16(24)29-18-13(21)8-9-14(18)22/h6-10,19-22H,1-5H2,(H,25,26,27). The van der Waals surface area contributed by atoms with Crippen LogP contribution in [-0.4, -0.2) is 60.0 Å². The van der Waals surface area contributed by atoms with Gasteiger partial charge in [0, 0.05) is 30.7 Å². The number of aromatic hydroxyl groups is 4. The molecule has 166 valence electrons. The minimum Gasteiger partial charge on any atom is -0.492 e. The third-order valence-electron chi connectivity index (χ3n) is 3.94. The van der Waals surface area contributed by atoms with E-state index in [2.05, 4.69) is 4.84 Å². The Hall–Kier alpha value is -3.39. The fraction of sp³-hybridized carbons (Fsp3) is 0.375. The number of rotatable bonds is 10. The highest BCUT2D eigenvalue weighted by atomic mass is 32.2. The summed E-state index contributed by atoms with van der Waals surface area (Å²) in [6, 6.07) is 4.23. The van der Waals surface area contributed by atoms with Crippen LogP contribution in [0.2, 0.25) is 0 Å². The van der Waals surface area contributed by atoms with Gasteiger partial charge in [-0.3, -0.25) is 4.55 Å². The Morgan fingerprint density at radius 3 is 1.77 bits per heavy atom. The molecule has 13 nitrogen and oxygen atoms in total. The lowest BCUT2D eigenvalue weighted by molar-refractivity contribution is -0.146. The van der Waals surface area contributed by atoms with Crippen molar-refractivity contribution in [2.45, 2.75) is 37.4 Å².